The number of aliphatic hydroxyl groups is 4. The molecule has 0 aliphatic carbocycles. The minimum atomic E-state index is -1.73. The number of ether oxygens (including phenoxy) is 1. The highest BCUT2D eigenvalue weighted by molar-refractivity contribution is 5.36. The van der Waals surface area contributed by atoms with Crippen LogP contribution in [0.25, 0.3) is 0 Å². The molecule has 0 spiro atoms. The molecule has 0 saturated carbocycles. The first-order valence-electron chi connectivity index (χ1n) is 9.20. The Balaban J connectivity index is 1.92. The van der Waals surface area contributed by atoms with E-state index in [1.807, 2.05) is 6.92 Å². The molecule has 152 valence electrons. The summed E-state index contributed by atoms with van der Waals surface area (Å²) in [6.45, 7) is 1.40. The van der Waals surface area contributed by atoms with Gasteiger partial charge in [0, 0.05) is 5.56 Å². The van der Waals surface area contributed by atoms with Crippen molar-refractivity contribution in [2.24, 2.45) is 0 Å². The van der Waals surface area contributed by atoms with Crippen LogP contribution in [0.2, 0.25) is 0 Å². The second kappa shape index (κ2) is 8.63. The van der Waals surface area contributed by atoms with Crippen LogP contribution in [-0.4, -0.2) is 51.4 Å². The summed E-state index contributed by atoms with van der Waals surface area (Å²) in [5.74, 6) is -0.750. The van der Waals surface area contributed by atoms with Gasteiger partial charge in [-0.2, -0.15) is 0 Å². The Hall–Kier alpha value is -1.90. The van der Waals surface area contributed by atoms with Crippen molar-refractivity contribution >= 4 is 0 Å². The maximum atomic E-state index is 15.0. The molecule has 6 atom stereocenters. The van der Waals surface area contributed by atoms with Crippen LogP contribution in [0.1, 0.15) is 41.5 Å². The molecule has 0 bridgehead atoms. The van der Waals surface area contributed by atoms with E-state index in [1.165, 1.54) is 12.1 Å². The zero-order chi connectivity index (χ0) is 20.4. The third-order valence-electron chi connectivity index (χ3n) is 5.19. The van der Waals surface area contributed by atoms with Crippen molar-refractivity contribution in [2.45, 2.75) is 50.0 Å². The zero-order valence-corrected chi connectivity index (χ0v) is 15.4. The molecule has 6 unspecified atom stereocenters. The van der Waals surface area contributed by atoms with Crippen LogP contribution in [0.15, 0.2) is 42.5 Å². The maximum Gasteiger partial charge on any atom is 0.153 e. The Morgan fingerprint density at radius 1 is 1.00 bits per heavy atom. The summed E-state index contributed by atoms with van der Waals surface area (Å²) in [6, 6.07) is 10.4. The number of alkyl halides is 1. The van der Waals surface area contributed by atoms with Crippen molar-refractivity contribution in [2.75, 3.05) is 6.61 Å². The van der Waals surface area contributed by atoms with E-state index in [0.717, 1.165) is 18.1 Å². The predicted molar refractivity (Wildman–Crippen MR) is 97.9 cm³/mol. The highest BCUT2D eigenvalue weighted by Crippen LogP contribution is 2.36. The summed E-state index contributed by atoms with van der Waals surface area (Å²) in [5, 5.41) is 39.4. The highest BCUT2D eigenvalue weighted by atomic mass is 19.1. The maximum absolute atomic E-state index is 15.0. The normalized spacial score (nSPS) is 28.9. The Morgan fingerprint density at radius 3 is 2.29 bits per heavy atom. The van der Waals surface area contributed by atoms with Gasteiger partial charge < -0.3 is 25.2 Å². The van der Waals surface area contributed by atoms with Gasteiger partial charge in [0.2, 0.25) is 0 Å². The van der Waals surface area contributed by atoms with Crippen molar-refractivity contribution in [1.82, 2.24) is 0 Å². The molecule has 2 aromatic carbocycles. The number of benzene rings is 2. The summed E-state index contributed by atoms with van der Waals surface area (Å²) in [7, 11) is 0. The minimum Gasteiger partial charge on any atom is -0.394 e. The number of aliphatic hydroxyl groups excluding tert-OH is 4. The van der Waals surface area contributed by atoms with Crippen molar-refractivity contribution < 1.29 is 33.9 Å². The molecular formula is C21H24F2O5. The number of hydrogen-bond acceptors (Lipinski definition) is 5. The summed E-state index contributed by atoms with van der Waals surface area (Å²) < 4.78 is 34.8. The number of aryl methyl sites for hydroxylation is 1. The van der Waals surface area contributed by atoms with Gasteiger partial charge >= 0.3 is 0 Å². The van der Waals surface area contributed by atoms with E-state index in [-0.39, 0.29) is 11.1 Å². The largest absolute Gasteiger partial charge is 0.394 e. The molecule has 0 amide bonds. The van der Waals surface area contributed by atoms with Gasteiger partial charge in [-0.05, 0) is 35.2 Å². The van der Waals surface area contributed by atoms with Gasteiger partial charge in [-0.3, -0.25) is 0 Å². The molecule has 1 aliphatic heterocycles. The molecule has 1 fully saturated rings. The standard InChI is InChI=1S/C21H24F2O5/c1-2-11-3-5-12(6-4-11)17(23)14-9-13(7-8-15(14)22)21-20(27)19(26)18(25)16(10-24)28-21/h3-9,16-21,24-27H,2,10H2,1H3. The van der Waals surface area contributed by atoms with E-state index in [4.69, 9.17) is 4.74 Å². The fraction of sp³-hybridized carbons (Fsp3) is 0.429. The van der Waals surface area contributed by atoms with Gasteiger partial charge in [0.25, 0.3) is 0 Å². The summed E-state index contributed by atoms with van der Waals surface area (Å²) in [5.41, 5.74) is 1.34. The Morgan fingerprint density at radius 2 is 1.68 bits per heavy atom. The second-order valence-electron chi connectivity index (χ2n) is 6.99. The monoisotopic (exact) mass is 394 g/mol. The van der Waals surface area contributed by atoms with Gasteiger partial charge in [-0.1, -0.05) is 37.3 Å². The van der Waals surface area contributed by atoms with Crippen LogP contribution in [0, 0.1) is 5.82 Å². The lowest BCUT2D eigenvalue weighted by Gasteiger charge is -2.40. The average molecular weight is 394 g/mol. The molecule has 2 aromatic rings. The van der Waals surface area contributed by atoms with Gasteiger partial charge in [0.15, 0.2) is 6.17 Å². The van der Waals surface area contributed by atoms with E-state index in [0.29, 0.717) is 5.56 Å². The molecule has 5 nitrogen and oxygen atoms in total. The van der Waals surface area contributed by atoms with Crippen LogP contribution >= 0.6 is 0 Å². The fourth-order valence-electron chi connectivity index (χ4n) is 3.41. The van der Waals surface area contributed by atoms with Gasteiger partial charge in [0.1, 0.15) is 36.3 Å². The van der Waals surface area contributed by atoms with E-state index in [2.05, 4.69) is 0 Å². The minimum absolute atomic E-state index is 0.223. The van der Waals surface area contributed by atoms with Crippen LogP contribution in [0.5, 0.6) is 0 Å². The number of rotatable bonds is 5. The lowest BCUT2D eigenvalue weighted by Crippen LogP contribution is -2.55. The third-order valence-corrected chi connectivity index (χ3v) is 5.19. The fourth-order valence-corrected chi connectivity index (χ4v) is 3.41. The van der Waals surface area contributed by atoms with Crippen molar-refractivity contribution in [3.05, 3.63) is 70.5 Å². The van der Waals surface area contributed by atoms with Crippen LogP contribution in [0.4, 0.5) is 8.78 Å². The first kappa shape index (κ1) is 20.8. The zero-order valence-electron chi connectivity index (χ0n) is 15.4. The molecule has 1 heterocycles. The summed E-state index contributed by atoms with van der Waals surface area (Å²) >= 11 is 0. The molecule has 0 radical (unpaired) electrons. The van der Waals surface area contributed by atoms with Crippen molar-refractivity contribution in [1.29, 1.82) is 0 Å². The second-order valence-corrected chi connectivity index (χ2v) is 6.99. The summed E-state index contributed by atoms with van der Waals surface area (Å²) in [6.07, 6.45) is -7.75. The molecule has 28 heavy (non-hydrogen) atoms. The van der Waals surface area contributed by atoms with Crippen molar-refractivity contribution in [3.63, 3.8) is 0 Å². The average Bonchev–Trinajstić information content (AvgIpc) is 2.72. The van der Waals surface area contributed by atoms with Crippen molar-refractivity contribution in [3.8, 4) is 0 Å². The lowest BCUT2D eigenvalue weighted by molar-refractivity contribution is -0.231. The molecule has 1 aliphatic rings. The molecule has 7 heteroatoms. The lowest BCUT2D eigenvalue weighted by atomic mass is 9.89. The molecule has 4 N–H and O–H groups in total. The summed E-state index contributed by atoms with van der Waals surface area (Å²) in [4.78, 5) is 0. The van der Waals surface area contributed by atoms with E-state index in [1.54, 1.807) is 24.3 Å². The van der Waals surface area contributed by atoms with E-state index < -0.39 is 49.1 Å². The Kier molecular flexibility index (Phi) is 6.42. The quantitative estimate of drug-likeness (QED) is 0.623. The predicted octanol–water partition coefficient (Wildman–Crippen LogP) is 1.96. The van der Waals surface area contributed by atoms with Gasteiger partial charge in [0.05, 0.1) is 6.61 Å². The highest BCUT2D eigenvalue weighted by Gasteiger charge is 2.44. The van der Waals surface area contributed by atoms with E-state index >= 15 is 4.39 Å². The third kappa shape index (κ3) is 3.94. The Bertz CT molecular complexity index is 796. The SMILES string of the molecule is CCc1ccc(C(F)c2cc(C3OC(CO)C(O)C(O)C3O)ccc2F)cc1. The smallest absolute Gasteiger partial charge is 0.153 e. The van der Waals surface area contributed by atoms with E-state index in [9.17, 15) is 24.8 Å². The Labute approximate surface area is 161 Å². The number of hydrogen-bond donors (Lipinski definition) is 4. The van der Waals surface area contributed by atoms with Gasteiger partial charge in [-0.15, -0.1) is 0 Å². The topological polar surface area (TPSA) is 90.2 Å². The van der Waals surface area contributed by atoms with Gasteiger partial charge in [-0.25, -0.2) is 8.78 Å². The molecule has 0 aromatic heterocycles. The first-order valence-corrected chi connectivity index (χ1v) is 9.20. The van der Waals surface area contributed by atoms with Crippen LogP contribution in [-0.2, 0) is 11.2 Å². The van der Waals surface area contributed by atoms with Crippen LogP contribution < -0.4 is 0 Å². The molecule has 3 rings (SSSR count). The molecular weight excluding hydrogens is 370 g/mol. The first-order chi connectivity index (χ1) is 13.4. The number of halogens is 2. The molecule has 1 saturated heterocycles. The van der Waals surface area contributed by atoms with Crippen LogP contribution in [0.3, 0.4) is 0 Å².